The molecule has 0 aliphatic carbocycles. The SMILES string of the molecule is [C-]#[N+]c1ccc2c(c1)CC(C)(C)N/C2=C\C(=O)c1ccccc1. The first-order valence-corrected chi connectivity index (χ1v) is 7.58. The van der Waals surface area contributed by atoms with E-state index in [0.29, 0.717) is 11.3 Å². The van der Waals surface area contributed by atoms with Crippen molar-refractivity contribution in [1.29, 1.82) is 0 Å². The van der Waals surface area contributed by atoms with E-state index in [9.17, 15) is 4.79 Å². The van der Waals surface area contributed by atoms with Crippen LogP contribution >= 0.6 is 0 Å². The third-order valence-corrected chi connectivity index (χ3v) is 3.95. The molecular weight excluding hydrogens is 284 g/mol. The Morgan fingerprint density at radius 3 is 2.65 bits per heavy atom. The van der Waals surface area contributed by atoms with Crippen LogP contribution in [0, 0.1) is 6.57 Å². The van der Waals surface area contributed by atoms with Crippen LogP contribution in [0.3, 0.4) is 0 Å². The molecule has 0 aromatic heterocycles. The second-order valence-corrected chi connectivity index (χ2v) is 6.43. The van der Waals surface area contributed by atoms with Crippen molar-refractivity contribution < 1.29 is 4.79 Å². The first kappa shape index (κ1) is 15.1. The monoisotopic (exact) mass is 302 g/mol. The second-order valence-electron chi connectivity index (χ2n) is 6.43. The summed E-state index contributed by atoms with van der Waals surface area (Å²) in [7, 11) is 0. The first-order valence-electron chi connectivity index (χ1n) is 7.58. The van der Waals surface area contributed by atoms with Gasteiger partial charge < -0.3 is 5.32 Å². The minimum atomic E-state index is -0.156. The van der Waals surface area contributed by atoms with E-state index < -0.39 is 0 Å². The number of hydrogen-bond donors (Lipinski definition) is 1. The van der Waals surface area contributed by atoms with Crippen LogP contribution in [0.5, 0.6) is 0 Å². The molecule has 1 N–H and O–H groups in total. The lowest BCUT2D eigenvalue weighted by Gasteiger charge is -2.35. The Kier molecular flexibility index (Phi) is 3.75. The van der Waals surface area contributed by atoms with Crippen LogP contribution in [0.2, 0.25) is 0 Å². The zero-order valence-corrected chi connectivity index (χ0v) is 13.3. The summed E-state index contributed by atoms with van der Waals surface area (Å²) in [5.74, 6) is -0.0222. The van der Waals surface area contributed by atoms with Crippen molar-refractivity contribution in [2.24, 2.45) is 0 Å². The fraction of sp³-hybridized carbons (Fsp3) is 0.200. The average molecular weight is 302 g/mol. The van der Waals surface area contributed by atoms with Crippen LogP contribution in [-0.4, -0.2) is 11.3 Å². The lowest BCUT2D eigenvalue weighted by Crippen LogP contribution is -2.43. The van der Waals surface area contributed by atoms with E-state index in [0.717, 1.165) is 23.2 Å². The highest BCUT2D eigenvalue weighted by molar-refractivity contribution is 6.08. The summed E-state index contributed by atoms with van der Waals surface area (Å²) in [6.07, 6.45) is 2.48. The Bertz CT molecular complexity index is 826. The Balaban J connectivity index is 2.05. The molecule has 3 rings (SSSR count). The first-order chi connectivity index (χ1) is 11.0. The molecule has 0 amide bonds. The van der Waals surface area contributed by atoms with E-state index in [1.807, 2.05) is 42.5 Å². The maximum Gasteiger partial charge on any atom is 0.187 e. The summed E-state index contributed by atoms with van der Waals surface area (Å²) in [5, 5.41) is 3.45. The van der Waals surface area contributed by atoms with Crippen LogP contribution in [0.1, 0.15) is 35.3 Å². The number of ketones is 1. The third kappa shape index (κ3) is 3.17. The van der Waals surface area contributed by atoms with E-state index in [1.165, 1.54) is 0 Å². The summed E-state index contributed by atoms with van der Waals surface area (Å²) < 4.78 is 0. The Hall–Kier alpha value is -2.86. The summed E-state index contributed by atoms with van der Waals surface area (Å²) in [4.78, 5) is 16.0. The smallest absolute Gasteiger partial charge is 0.187 e. The Labute approximate surface area is 136 Å². The molecule has 1 aliphatic rings. The van der Waals surface area contributed by atoms with Gasteiger partial charge in [-0.2, -0.15) is 0 Å². The molecule has 0 saturated heterocycles. The molecular formula is C20H18N2O. The van der Waals surface area contributed by atoms with Gasteiger partial charge in [-0.25, -0.2) is 4.85 Å². The minimum Gasteiger partial charge on any atom is -0.379 e. The zero-order chi connectivity index (χ0) is 16.4. The van der Waals surface area contributed by atoms with Gasteiger partial charge in [0.1, 0.15) is 0 Å². The van der Waals surface area contributed by atoms with Crippen molar-refractivity contribution in [3.63, 3.8) is 0 Å². The Morgan fingerprint density at radius 2 is 1.96 bits per heavy atom. The molecule has 0 bridgehead atoms. The van der Waals surface area contributed by atoms with Gasteiger partial charge in [0.2, 0.25) is 0 Å². The number of nitrogens with one attached hydrogen (secondary N) is 1. The molecule has 0 saturated carbocycles. The number of carbonyl (C=O) groups excluding carboxylic acids is 1. The van der Waals surface area contributed by atoms with Crippen molar-refractivity contribution in [2.75, 3.05) is 0 Å². The molecule has 0 spiro atoms. The summed E-state index contributed by atoms with van der Waals surface area (Å²) >= 11 is 0. The van der Waals surface area contributed by atoms with Crippen LogP contribution in [0.25, 0.3) is 10.5 Å². The molecule has 0 radical (unpaired) electrons. The highest BCUT2D eigenvalue weighted by Crippen LogP contribution is 2.32. The lowest BCUT2D eigenvalue weighted by molar-refractivity contribution is 0.104. The quantitative estimate of drug-likeness (QED) is 0.507. The van der Waals surface area contributed by atoms with Crippen LogP contribution < -0.4 is 5.32 Å². The molecule has 2 aromatic carbocycles. The van der Waals surface area contributed by atoms with E-state index >= 15 is 0 Å². The Morgan fingerprint density at radius 1 is 1.22 bits per heavy atom. The number of nitrogens with zero attached hydrogens (tertiary/aromatic N) is 1. The van der Waals surface area contributed by atoms with E-state index in [4.69, 9.17) is 6.57 Å². The largest absolute Gasteiger partial charge is 0.379 e. The molecule has 2 aromatic rings. The molecule has 0 atom stereocenters. The lowest BCUT2D eigenvalue weighted by atomic mass is 9.85. The molecule has 3 heteroatoms. The van der Waals surface area contributed by atoms with E-state index in [1.54, 1.807) is 12.1 Å². The topological polar surface area (TPSA) is 33.5 Å². The van der Waals surface area contributed by atoms with Gasteiger partial charge in [0, 0.05) is 22.9 Å². The van der Waals surface area contributed by atoms with Crippen molar-refractivity contribution in [3.05, 3.63) is 82.7 Å². The average Bonchev–Trinajstić information content (AvgIpc) is 2.54. The normalized spacial score (nSPS) is 17.0. The molecule has 114 valence electrons. The summed E-state index contributed by atoms with van der Waals surface area (Å²) in [5.41, 5.74) is 4.08. The fourth-order valence-electron chi connectivity index (χ4n) is 2.94. The van der Waals surface area contributed by atoms with Crippen LogP contribution in [0.4, 0.5) is 5.69 Å². The van der Waals surface area contributed by atoms with Crippen molar-refractivity contribution >= 4 is 17.2 Å². The molecule has 23 heavy (non-hydrogen) atoms. The number of carbonyl (C=O) groups is 1. The van der Waals surface area contributed by atoms with Gasteiger partial charge in [-0.3, -0.25) is 4.79 Å². The van der Waals surface area contributed by atoms with Crippen LogP contribution in [0.15, 0.2) is 54.6 Å². The predicted octanol–water partition coefficient (Wildman–Crippen LogP) is 4.39. The van der Waals surface area contributed by atoms with E-state index in [2.05, 4.69) is 24.0 Å². The third-order valence-electron chi connectivity index (χ3n) is 3.95. The maximum atomic E-state index is 12.5. The number of rotatable bonds is 2. The predicted molar refractivity (Wildman–Crippen MR) is 92.4 cm³/mol. The van der Waals surface area contributed by atoms with Crippen LogP contribution in [-0.2, 0) is 6.42 Å². The second kappa shape index (κ2) is 5.73. The van der Waals surface area contributed by atoms with Gasteiger partial charge in [0.05, 0.1) is 6.57 Å². The highest BCUT2D eigenvalue weighted by atomic mass is 16.1. The van der Waals surface area contributed by atoms with Crippen molar-refractivity contribution in [1.82, 2.24) is 5.32 Å². The molecule has 1 aliphatic heterocycles. The maximum absolute atomic E-state index is 12.5. The van der Waals surface area contributed by atoms with Gasteiger partial charge in [0.15, 0.2) is 11.5 Å². The van der Waals surface area contributed by atoms with Gasteiger partial charge in [-0.1, -0.05) is 48.5 Å². The van der Waals surface area contributed by atoms with Gasteiger partial charge in [-0.05, 0) is 31.4 Å². The number of hydrogen-bond acceptors (Lipinski definition) is 2. The fourth-order valence-corrected chi connectivity index (χ4v) is 2.94. The molecule has 1 heterocycles. The molecule has 0 fully saturated rings. The molecule has 3 nitrogen and oxygen atoms in total. The number of allylic oxidation sites excluding steroid dienone is 1. The number of fused-ring (bicyclic) bond motifs is 1. The number of benzene rings is 2. The van der Waals surface area contributed by atoms with Gasteiger partial charge in [0.25, 0.3) is 0 Å². The summed E-state index contributed by atoms with van der Waals surface area (Å²) in [6.45, 7) is 11.4. The van der Waals surface area contributed by atoms with Gasteiger partial charge >= 0.3 is 0 Å². The highest BCUT2D eigenvalue weighted by Gasteiger charge is 2.28. The standard InChI is InChI=1S/C20H18N2O/c1-20(2)13-15-11-16(21-3)9-10-17(15)18(22-20)12-19(23)14-7-5-4-6-8-14/h4-12,22H,13H2,1-2H3/b18-12-. The van der Waals surface area contributed by atoms with Crippen molar-refractivity contribution in [2.45, 2.75) is 25.8 Å². The van der Waals surface area contributed by atoms with Crippen molar-refractivity contribution in [3.8, 4) is 0 Å². The van der Waals surface area contributed by atoms with Gasteiger partial charge in [-0.15, -0.1) is 0 Å². The van der Waals surface area contributed by atoms with E-state index in [-0.39, 0.29) is 11.3 Å². The molecule has 0 unspecified atom stereocenters. The zero-order valence-electron chi connectivity index (χ0n) is 13.3. The minimum absolute atomic E-state index is 0.0222. The summed E-state index contributed by atoms with van der Waals surface area (Å²) in [6, 6.07) is 14.9.